The van der Waals surface area contributed by atoms with Gasteiger partial charge in [0.25, 0.3) is 0 Å². The fraction of sp³-hybridized carbons (Fsp3) is 0.316. The van der Waals surface area contributed by atoms with Crippen LogP contribution < -0.4 is 5.32 Å². The van der Waals surface area contributed by atoms with Gasteiger partial charge in [0.2, 0.25) is 5.91 Å². The lowest BCUT2D eigenvalue weighted by Gasteiger charge is -2.21. The molecule has 0 atom stereocenters. The molecule has 1 amide bonds. The zero-order valence-corrected chi connectivity index (χ0v) is 12.5. The molecule has 3 nitrogen and oxygen atoms in total. The van der Waals surface area contributed by atoms with Crippen LogP contribution in [0.4, 0.5) is 5.69 Å². The Hall–Kier alpha value is -2.13. The minimum atomic E-state index is 0.0826. The number of hydrogen-bond acceptors (Lipinski definition) is 2. The summed E-state index contributed by atoms with van der Waals surface area (Å²) in [4.78, 5) is 12.3. The normalized spacial score (nSPS) is 16.9. The van der Waals surface area contributed by atoms with Crippen molar-refractivity contribution < 1.29 is 9.53 Å². The van der Waals surface area contributed by atoms with Gasteiger partial charge in [-0.3, -0.25) is 4.79 Å². The van der Waals surface area contributed by atoms with Crippen LogP contribution in [0.1, 0.15) is 24.0 Å². The standard InChI is InChI=1S/C19H19NO2/c21-19(13-7-9-22-10-8-13)20-16-5-6-18-15(12-16)11-14-3-1-2-4-17(14)18/h1-6,12-13H,7-11H2,(H,20,21). The molecule has 112 valence electrons. The zero-order chi connectivity index (χ0) is 14.9. The molecular formula is C19H19NO2. The molecule has 0 unspecified atom stereocenters. The molecule has 22 heavy (non-hydrogen) atoms. The molecule has 2 aromatic rings. The van der Waals surface area contributed by atoms with Gasteiger partial charge in [0.05, 0.1) is 0 Å². The van der Waals surface area contributed by atoms with Gasteiger partial charge in [-0.05, 0) is 53.6 Å². The van der Waals surface area contributed by atoms with E-state index < -0.39 is 0 Å². The lowest BCUT2D eigenvalue weighted by molar-refractivity contribution is -0.122. The van der Waals surface area contributed by atoms with Gasteiger partial charge < -0.3 is 10.1 Å². The van der Waals surface area contributed by atoms with Crippen molar-refractivity contribution in [1.29, 1.82) is 0 Å². The topological polar surface area (TPSA) is 38.3 Å². The Kier molecular flexibility index (Phi) is 3.43. The summed E-state index contributed by atoms with van der Waals surface area (Å²) in [6.45, 7) is 1.38. The summed E-state index contributed by atoms with van der Waals surface area (Å²) >= 11 is 0. The Bertz CT molecular complexity index is 717. The van der Waals surface area contributed by atoms with Gasteiger partial charge in [-0.25, -0.2) is 0 Å². The molecule has 4 rings (SSSR count). The highest BCUT2D eigenvalue weighted by Crippen LogP contribution is 2.37. The van der Waals surface area contributed by atoms with Crippen LogP contribution >= 0.6 is 0 Å². The van der Waals surface area contributed by atoms with Crippen molar-refractivity contribution in [2.45, 2.75) is 19.3 Å². The molecule has 0 aromatic heterocycles. The molecule has 1 aliphatic heterocycles. The number of nitrogens with one attached hydrogen (secondary N) is 1. The highest BCUT2D eigenvalue weighted by atomic mass is 16.5. The van der Waals surface area contributed by atoms with E-state index in [-0.39, 0.29) is 11.8 Å². The van der Waals surface area contributed by atoms with Crippen molar-refractivity contribution in [2.24, 2.45) is 5.92 Å². The summed E-state index contributed by atoms with van der Waals surface area (Å²) in [7, 11) is 0. The number of fused-ring (bicyclic) bond motifs is 3. The monoisotopic (exact) mass is 293 g/mol. The third-order valence-electron chi connectivity index (χ3n) is 4.65. The largest absolute Gasteiger partial charge is 0.381 e. The van der Waals surface area contributed by atoms with E-state index >= 15 is 0 Å². The van der Waals surface area contributed by atoms with Crippen LogP contribution in [0.3, 0.4) is 0 Å². The Morgan fingerprint density at radius 2 is 1.77 bits per heavy atom. The Balaban J connectivity index is 1.53. The SMILES string of the molecule is O=C(Nc1ccc2c(c1)Cc1ccccc1-2)C1CCOCC1. The summed E-state index contributed by atoms with van der Waals surface area (Å²) in [5, 5.41) is 3.07. The molecule has 3 heteroatoms. The van der Waals surface area contributed by atoms with E-state index in [1.807, 2.05) is 6.07 Å². The highest BCUT2D eigenvalue weighted by molar-refractivity contribution is 5.93. The van der Waals surface area contributed by atoms with E-state index in [2.05, 4.69) is 41.7 Å². The first-order valence-electron chi connectivity index (χ1n) is 7.91. The number of ether oxygens (including phenoxy) is 1. The van der Waals surface area contributed by atoms with Gasteiger partial charge >= 0.3 is 0 Å². The number of benzene rings is 2. The van der Waals surface area contributed by atoms with Crippen molar-refractivity contribution >= 4 is 11.6 Å². The molecule has 1 fully saturated rings. The van der Waals surface area contributed by atoms with Crippen molar-refractivity contribution in [3.05, 3.63) is 53.6 Å². The lowest BCUT2D eigenvalue weighted by Crippen LogP contribution is -2.28. The maximum Gasteiger partial charge on any atom is 0.227 e. The molecule has 1 heterocycles. The highest BCUT2D eigenvalue weighted by Gasteiger charge is 2.22. The fourth-order valence-electron chi connectivity index (χ4n) is 3.43. The second-order valence-electron chi connectivity index (χ2n) is 6.08. The summed E-state index contributed by atoms with van der Waals surface area (Å²) in [6.07, 6.45) is 2.59. The van der Waals surface area contributed by atoms with Crippen molar-refractivity contribution in [3.63, 3.8) is 0 Å². The van der Waals surface area contributed by atoms with Crippen molar-refractivity contribution in [1.82, 2.24) is 0 Å². The smallest absolute Gasteiger partial charge is 0.227 e. The molecule has 2 aliphatic rings. The van der Waals surface area contributed by atoms with Crippen LogP contribution in [-0.4, -0.2) is 19.1 Å². The molecule has 0 spiro atoms. The predicted molar refractivity (Wildman–Crippen MR) is 86.9 cm³/mol. The van der Waals surface area contributed by atoms with E-state index in [9.17, 15) is 4.79 Å². The van der Waals surface area contributed by atoms with E-state index in [0.29, 0.717) is 13.2 Å². The van der Waals surface area contributed by atoms with E-state index in [1.54, 1.807) is 0 Å². The third kappa shape index (κ3) is 2.42. The molecular weight excluding hydrogens is 274 g/mol. The van der Waals surface area contributed by atoms with Crippen molar-refractivity contribution in [2.75, 3.05) is 18.5 Å². The fourth-order valence-corrected chi connectivity index (χ4v) is 3.43. The minimum Gasteiger partial charge on any atom is -0.381 e. The second kappa shape index (κ2) is 5.58. The van der Waals surface area contributed by atoms with Crippen LogP contribution in [0, 0.1) is 5.92 Å². The average molecular weight is 293 g/mol. The maximum absolute atomic E-state index is 12.3. The van der Waals surface area contributed by atoms with Crippen LogP contribution in [0.15, 0.2) is 42.5 Å². The first kappa shape index (κ1) is 13.5. The molecule has 1 saturated heterocycles. The van der Waals surface area contributed by atoms with Gasteiger partial charge in [0.15, 0.2) is 0 Å². The van der Waals surface area contributed by atoms with Gasteiger partial charge in [-0.15, -0.1) is 0 Å². The third-order valence-corrected chi connectivity index (χ3v) is 4.65. The summed E-state index contributed by atoms with van der Waals surface area (Å²) in [5.41, 5.74) is 6.18. The summed E-state index contributed by atoms with van der Waals surface area (Å²) < 4.78 is 5.32. The number of anilines is 1. The molecule has 2 aromatic carbocycles. The molecule has 0 saturated carbocycles. The maximum atomic E-state index is 12.3. The van der Waals surface area contributed by atoms with Crippen molar-refractivity contribution in [3.8, 4) is 11.1 Å². The first-order valence-corrected chi connectivity index (χ1v) is 7.91. The van der Waals surface area contributed by atoms with Crippen LogP contribution in [0.25, 0.3) is 11.1 Å². The molecule has 1 N–H and O–H groups in total. The predicted octanol–water partition coefficient (Wildman–Crippen LogP) is 3.62. The van der Waals surface area contributed by atoms with Gasteiger partial charge in [-0.1, -0.05) is 30.3 Å². The minimum absolute atomic E-state index is 0.0826. The van der Waals surface area contributed by atoms with Crippen LogP contribution in [-0.2, 0) is 16.0 Å². The Morgan fingerprint density at radius 1 is 1.00 bits per heavy atom. The summed E-state index contributed by atoms with van der Waals surface area (Å²) in [5.74, 6) is 0.206. The molecule has 0 bridgehead atoms. The van der Waals surface area contributed by atoms with Crippen LogP contribution in [0.5, 0.6) is 0 Å². The van der Waals surface area contributed by atoms with Gasteiger partial charge in [-0.2, -0.15) is 0 Å². The number of rotatable bonds is 2. The quantitative estimate of drug-likeness (QED) is 0.783. The molecule has 1 aliphatic carbocycles. The van der Waals surface area contributed by atoms with Crippen LogP contribution in [0.2, 0.25) is 0 Å². The second-order valence-corrected chi connectivity index (χ2v) is 6.08. The zero-order valence-electron chi connectivity index (χ0n) is 12.5. The molecule has 0 radical (unpaired) electrons. The first-order chi connectivity index (χ1) is 10.8. The Labute approximate surface area is 130 Å². The lowest BCUT2D eigenvalue weighted by atomic mass is 9.99. The summed E-state index contributed by atoms with van der Waals surface area (Å²) in [6, 6.07) is 14.8. The van der Waals surface area contributed by atoms with E-state index in [1.165, 1.54) is 22.3 Å². The number of amides is 1. The van der Waals surface area contributed by atoms with E-state index in [0.717, 1.165) is 24.9 Å². The van der Waals surface area contributed by atoms with Gasteiger partial charge in [0, 0.05) is 24.8 Å². The number of carbonyl (C=O) groups excluding carboxylic acids is 1. The number of carbonyl (C=O) groups is 1. The average Bonchev–Trinajstić information content (AvgIpc) is 2.93. The van der Waals surface area contributed by atoms with E-state index in [4.69, 9.17) is 4.74 Å². The van der Waals surface area contributed by atoms with Gasteiger partial charge in [0.1, 0.15) is 0 Å². The number of hydrogen-bond donors (Lipinski definition) is 1. The Morgan fingerprint density at radius 3 is 2.64 bits per heavy atom.